The van der Waals surface area contributed by atoms with Crippen LogP contribution in [0.25, 0.3) is 0 Å². The smallest absolute Gasteiger partial charge is 0.0339 e. The van der Waals surface area contributed by atoms with Crippen LogP contribution in [0.5, 0.6) is 0 Å². The first-order valence-corrected chi connectivity index (χ1v) is 7.64. The van der Waals surface area contributed by atoms with Crippen LogP contribution < -0.4 is 5.32 Å². The zero-order chi connectivity index (χ0) is 12.8. The zero-order valence-electron chi connectivity index (χ0n) is 11.3. The summed E-state index contributed by atoms with van der Waals surface area (Å²) in [7, 11) is 0. The molecule has 0 aliphatic heterocycles. The molecule has 2 heteroatoms. The molecule has 0 saturated heterocycles. The van der Waals surface area contributed by atoms with E-state index in [4.69, 9.17) is 11.6 Å². The lowest BCUT2D eigenvalue weighted by molar-refractivity contribution is 0.346. The average molecular weight is 266 g/mol. The molecule has 1 fully saturated rings. The van der Waals surface area contributed by atoms with E-state index in [9.17, 15) is 0 Å². The van der Waals surface area contributed by atoms with Crippen molar-refractivity contribution < 1.29 is 0 Å². The van der Waals surface area contributed by atoms with E-state index in [-0.39, 0.29) is 0 Å². The molecule has 0 bridgehead atoms. The van der Waals surface area contributed by atoms with Crippen molar-refractivity contribution in [1.82, 2.24) is 5.32 Å². The van der Waals surface area contributed by atoms with Crippen LogP contribution in [0.15, 0.2) is 24.3 Å². The molecule has 1 aromatic carbocycles. The highest BCUT2D eigenvalue weighted by atomic mass is 35.5. The zero-order valence-corrected chi connectivity index (χ0v) is 12.0. The number of alkyl halides is 1. The highest BCUT2D eigenvalue weighted by molar-refractivity contribution is 6.20. The third kappa shape index (κ3) is 4.29. The molecule has 0 spiro atoms. The van der Waals surface area contributed by atoms with E-state index in [0.717, 1.165) is 25.4 Å². The highest BCUT2D eigenvalue weighted by Crippen LogP contribution is 2.27. The Balaban J connectivity index is 1.70. The molecule has 18 heavy (non-hydrogen) atoms. The van der Waals surface area contributed by atoms with Crippen LogP contribution in [-0.2, 0) is 13.0 Å². The molecule has 1 aliphatic rings. The van der Waals surface area contributed by atoms with Gasteiger partial charge < -0.3 is 5.32 Å². The van der Waals surface area contributed by atoms with Crippen LogP contribution in [0.1, 0.15) is 43.7 Å². The minimum atomic E-state index is 0.411. The van der Waals surface area contributed by atoms with E-state index >= 15 is 0 Å². The van der Waals surface area contributed by atoms with E-state index in [1.165, 1.54) is 36.8 Å². The fourth-order valence-corrected chi connectivity index (χ4v) is 3.13. The molecule has 1 aliphatic carbocycles. The Morgan fingerprint density at radius 2 is 1.89 bits per heavy atom. The normalized spacial score (nSPS) is 24.1. The molecular formula is C16H24ClN. The number of hydrogen-bond acceptors (Lipinski definition) is 1. The first-order chi connectivity index (χ1) is 8.78. The lowest BCUT2D eigenvalue weighted by Gasteiger charge is -2.25. The predicted octanol–water partition coefficient (Wildman–Crippen LogP) is 4.14. The second kappa shape index (κ2) is 7.16. The van der Waals surface area contributed by atoms with Gasteiger partial charge in [-0.15, -0.1) is 11.6 Å². The number of hydrogen-bond donors (Lipinski definition) is 1. The van der Waals surface area contributed by atoms with Crippen LogP contribution in [0, 0.1) is 5.92 Å². The molecule has 2 unspecified atom stereocenters. The van der Waals surface area contributed by atoms with E-state index in [1.54, 1.807) is 0 Å². The summed E-state index contributed by atoms with van der Waals surface area (Å²) in [4.78, 5) is 0. The lowest BCUT2D eigenvalue weighted by Crippen LogP contribution is -2.27. The Hall–Kier alpha value is -0.530. The summed E-state index contributed by atoms with van der Waals surface area (Å²) in [5.74, 6) is 0.774. The van der Waals surface area contributed by atoms with Crippen LogP contribution in [0.4, 0.5) is 0 Å². The summed E-state index contributed by atoms with van der Waals surface area (Å²) in [6, 6.07) is 8.92. The third-order valence-corrected chi connectivity index (χ3v) is 4.31. The van der Waals surface area contributed by atoms with E-state index in [1.807, 2.05) is 0 Å². The number of nitrogens with one attached hydrogen (secondary N) is 1. The monoisotopic (exact) mass is 265 g/mol. The van der Waals surface area contributed by atoms with Crippen molar-refractivity contribution in [3.63, 3.8) is 0 Å². The summed E-state index contributed by atoms with van der Waals surface area (Å²) >= 11 is 6.21. The molecule has 1 aromatic rings. The summed E-state index contributed by atoms with van der Waals surface area (Å²) in [6.45, 7) is 4.28. The SMILES string of the molecule is CCc1ccc(CNCC2CCCC(Cl)C2)cc1. The van der Waals surface area contributed by atoms with Crippen molar-refractivity contribution in [2.24, 2.45) is 5.92 Å². The number of rotatable bonds is 5. The van der Waals surface area contributed by atoms with Gasteiger partial charge >= 0.3 is 0 Å². The predicted molar refractivity (Wildman–Crippen MR) is 79.1 cm³/mol. The standard InChI is InChI=1S/C16H24ClN/c1-2-13-6-8-14(9-7-13)11-18-12-15-4-3-5-16(17)10-15/h6-9,15-16,18H,2-5,10-12H2,1H3. The van der Waals surface area contributed by atoms with Crippen LogP contribution >= 0.6 is 11.6 Å². The van der Waals surface area contributed by atoms with Gasteiger partial charge in [0.05, 0.1) is 0 Å². The molecule has 0 heterocycles. The fraction of sp³-hybridized carbons (Fsp3) is 0.625. The second-order valence-electron chi connectivity index (χ2n) is 5.43. The van der Waals surface area contributed by atoms with Gasteiger partial charge in [0.1, 0.15) is 0 Å². The van der Waals surface area contributed by atoms with Gasteiger partial charge in [0.25, 0.3) is 0 Å². The topological polar surface area (TPSA) is 12.0 Å². The van der Waals surface area contributed by atoms with Crippen molar-refractivity contribution in [2.45, 2.75) is 50.9 Å². The molecule has 0 amide bonds. The van der Waals surface area contributed by atoms with Gasteiger partial charge in [-0.1, -0.05) is 37.6 Å². The molecule has 2 atom stereocenters. The van der Waals surface area contributed by atoms with Gasteiger partial charge in [0, 0.05) is 11.9 Å². The molecule has 1 saturated carbocycles. The molecule has 0 aromatic heterocycles. The largest absolute Gasteiger partial charge is 0.312 e. The van der Waals surface area contributed by atoms with Gasteiger partial charge in [0.2, 0.25) is 0 Å². The van der Waals surface area contributed by atoms with Crippen molar-refractivity contribution in [3.05, 3.63) is 35.4 Å². The Bertz CT molecular complexity index is 347. The van der Waals surface area contributed by atoms with E-state index in [2.05, 4.69) is 36.5 Å². The Kier molecular flexibility index (Phi) is 5.52. The summed E-state index contributed by atoms with van der Waals surface area (Å²) in [5.41, 5.74) is 2.79. The number of benzene rings is 1. The van der Waals surface area contributed by atoms with Gasteiger partial charge in [-0.2, -0.15) is 0 Å². The third-order valence-electron chi connectivity index (χ3n) is 3.91. The van der Waals surface area contributed by atoms with Gasteiger partial charge in [-0.25, -0.2) is 0 Å². The molecule has 0 radical (unpaired) electrons. The van der Waals surface area contributed by atoms with Crippen molar-refractivity contribution >= 4 is 11.6 Å². The number of aryl methyl sites for hydroxylation is 1. The first kappa shape index (κ1) is 13.9. The Labute approximate surface area is 116 Å². The minimum absolute atomic E-state index is 0.411. The maximum absolute atomic E-state index is 6.21. The summed E-state index contributed by atoms with van der Waals surface area (Å²) in [6.07, 6.45) is 6.14. The van der Waals surface area contributed by atoms with Crippen molar-refractivity contribution in [2.75, 3.05) is 6.54 Å². The van der Waals surface area contributed by atoms with Crippen LogP contribution in [0.2, 0.25) is 0 Å². The van der Waals surface area contributed by atoms with Crippen molar-refractivity contribution in [1.29, 1.82) is 0 Å². The molecule has 1 N–H and O–H groups in total. The molecule has 1 nitrogen and oxygen atoms in total. The maximum atomic E-state index is 6.21. The van der Waals surface area contributed by atoms with E-state index < -0.39 is 0 Å². The van der Waals surface area contributed by atoms with Gasteiger partial charge in [-0.3, -0.25) is 0 Å². The Morgan fingerprint density at radius 1 is 1.17 bits per heavy atom. The average Bonchev–Trinajstić information content (AvgIpc) is 2.40. The molecule has 2 rings (SSSR count). The van der Waals surface area contributed by atoms with E-state index in [0.29, 0.717) is 5.38 Å². The van der Waals surface area contributed by atoms with Crippen LogP contribution in [0.3, 0.4) is 0 Å². The van der Waals surface area contributed by atoms with Crippen molar-refractivity contribution in [3.8, 4) is 0 Å². The summed E-state index contributed by atoms with van der Waals surface area (Å²) in [5, 5.41) is 3.98. The highest BCUT2D eigenvalue weighted by Gasteiger charge is 2.19. The Morgan fingerprint density at radius 3 is 2.56 bits per heavy atom. The minimum Gasteiger partial charge on any atom is -0.312 e. The first-order valence-electron chi connectivity index (χ1n) is 7.20. The summed E-state index contributed by atoms with van der Waals surface area (Å²) < 4.78 is 0. The molecule has 100 valence electrons. The second-order valence-corrected chi connectivity index (χ2v) is 6.05. The van der Waals surface area contributed by atoms with Crippen LogP contribution in [-0.4, -0.2) is 11.9 Å². The maximum Gasteiger partial charge on any atom is 0.0339 e. The fourth-order valence-electron chi connectivity index (χ4n) is 2.72. The van der Waals surface area contributed by atoms with Gasteiger partial charge in [0.15, 0.2) is 0 Å². The van der Waals surface area contributed by atoms with Gasteiger partial charge in [-0.05, 0) is 49.3 Å². The quantitative estimate of drug-likeness (QED) is 0.789. The lowest BCUT2D eigenvalue weighted by atomic mass is 9.89. The number of halogens is 1. The molecular weight excluding hydrogens is 242 g/mol.